The van der Waals surface area contributed by atoms with E-state index in [9.17, 15) is 5.11 Å². The van der Waals surface area contributed by atoms with E-state index in [1.807, 2.05) is 13.0 Å². The lowest BCUT2D eigenvalue weighted by atomic mass is 10.0. The van der Waals surface area contributed by atoms with Gasteiger partial charge in [-0.25, -0.2) is 0 Å². The van der Waals surface area contributed by atoms with Gasteiger partial charge in [0.25, 0.3) is 0 Å². The van der Waals surface area contributed by atoms with Crippen LogP contribution in [-0.2, 0) is 6.54 Å². The number of phenols is 1. The van der Waals surface area contributed by atoms with Gasteiger partial charge in [-0.2, -0.15) is 0 Å². The van der Waals surface area contributed by atoms with Crippen LogP contribution in [0.4, 0.5) is 0 Å². The van der Waals surface area contributed by atoms with Crippen LogP contribution in [0.3, 0.4) is 0 Å². The average molecular weight is 233 g/mol. The molecule has 94 valence electrons. The van der Waals surface area contributed by atoms with Crippen LogP contribution >= 0.6 is 0 Å². The summed E-state index contributed by atoms with van der Waals surface area (Å²) in [6, 6.07) is 4.66. The maximum absolute atomic E-state index is 10.0. The predicted molar refractivity (Wildman–Crippen MR) is 71.3 cm³/mol. The van der Waals surface area contributed by atoms with Crippen LogP contribution < -0.4 is 0 Å². The van der Waals surface area contributed by atoms with Gasteiger partial charge >= 0.3 is 0 Å². The summed E-state index contributed by atoms with van der Waals surface area (Å²) < 4.78 is 0. The topological polar surface area (TPSA) is 23.5 Å². The SMILES string of the molecule is Cc1cc(O)c(CN2CCCCC2C)cc1C. The van der Waals surface area contributed by atoms with Crippen molar-refractivity contribution in [3.63, 3.8) is 0 Å². The summed E-state index contributed by atoms with van der Waals surface area (Å²) in [5.74, 6) is 0.450. The zero-order valence-electron chi connectivity index (χ0n) is 11.2. The minimum Gasteiger partial charge on any atom is -0.508 e. The monoisotopic (exact) mass is 233 g/mol. The van der Waals surface area contributed by atoms with E-state index in [-0.39, 0.29) is 0 Å². The number of piperidine rings is 1. The van der Waals surface area contributed by atoms with E-state index in [1.54, 1.807) is 0 Å². The Morgan fingerprint density at radius 2 is 1.94 bits per heavy atom. The standard InChI is InChI=1S/C15H23NO/c1-11-8-14(15(17)9-12(11)2)10-16-7-5-4-6-13(16)3/h8-9,13,17H,4-7,10H2,1-3H3. The van der Waals surface area contributed by atoms with E-state index >= 15 is 0 Å². The zero-order valence-corrected chi connectivity index (χ0v) is 11.2. The lowest BCUT2D eigenvalue weighted by molar-refractivity contribution is 0.151. The molecule has 1 saturated heterocycles. The second kappa shape index (κ2) is 5.09. The molecule has 1 aliphatic rings. The third-order valence-corrected chi connectivity index (χ3v) is 4.01. The molecule has 1 aromatic rings. The van der Waals surface area contributed by atoms with Gasteiger partial charge in [-0.05, 0) is 57.4 Å². The highest BCUT2D eigenvalue weighted by molar-refractivity contribution is 5.40. The fourth-order valence-corrected chi connectivity index (χ4v) is 2.60. The normalized spacial score (nSPS) is 21.7. The Labute approximate surface area is 104 Å². The summed E-state index contributed by atoms with van der Waals surface area (Å²) in [4.78, 5) is 2.48. The Bertz CT molecular complexity index is 400. The molecule has 0 aliphatic carbocycles. The second-order valence-electron chi connectivity index (χ2n) is 5.38. The summed E-state index contributed by atoms with van der Waals surface area (Å²) >= 11 is 0. The summed E-state index contributed by atoms with van der Waals surface area (Å²) in [7, 11) is 0. The van der Waals surface area contributed by atoms with Crippen molar-refractivity contribution in [3.05, 3.63) is 28.8 Å². The second-order valence-corrected chi connectivity index (χ2v) is 5.38. The first kappa shape index (κ1) is 12.4. The minimum absolute atomic E-state index is 0.450. The summed E-state index contributed by atoms with van der Waals surface area (Å²) in [6.07, 6.45) is 3.91. The highest BCUT2D eigenvalue weighted by Crippen LogP contribution is 2.26. The van der Waals surface area contributed by atoms with Crippen molar-refractivity contribution in [1.82, 2.24) is 4.90 Å². The van der Waals surface area contributed by atoms with Crippen molar-refractivity contribution in [2.75, 3.05) is 6.54 Å². The lowest BCUT2D eigenvalue weighted by Crippen LogP contribution is -2.36. The van der Waals surface area contributed by atoms with Crippen molar-refractivity contribution in [2.45, 2.75) is 52.6 Å². The Kier molecular flexibility index (Phi) is 3.72. The molecule has 1 aliphatic heterocycles. The average Bonchev–Trinajstić information content (AvgIpc) is 2.29. The molecule has 1 atom stereocenters. The fourth-order valence-electron chi connectivity index (χ4n) is 2.60. The molecule has 0 radical (unpaired) electrons. The van der Waals surface area contributed by atoms with Gasteiger partial charge in [0.2, 0.25) is 0 Å². The maximum atomic E-state index is 10.0. The lowest BCUT2D eigenvalue weighted by Gasteiger charge is -2.33. The van der Waals surface area contributed by atoms with Gasteiger partial charge in [0.05, 0.1) is 0 Å². The van der Waals surface area contributed by atoms with Gasteiger partial charge in [-0.15, -0.1) is 0 Å². The van der Waals surface area contributed by atoms with E-state index in [0.717, 1.165) is 24.2 Å². The number of hydrogen-bond donors (Lipinski definition) is 1. The molecule has 1 N–H and O–H groups in total. The third kappa shape index (κ3) is 2.81. The van der Waals surface area contributed by atoms with Crippen molar-refractivity contribution in [2.24, 2.45) is 0 Å². The molecule has 0 spiro atoms. The van der Waals surface area contributed by atoms with Crippen LogP contribution in [0, 0.1) is 13.8 Å². The number of phenolic OH excluding ortho intramolecular Hbond substituents is 1. The van der Waals surface area contributed by atoms with Gasteiger partial charge < -0.3 is 5.11 Å². The molecule has 0 amide bonds. The smallest absolute Gasteiger partial charge is 0.120 e. The molecule has 1 heterocycles. The van der Waals surface area contributed by atoms with Gasteiger partial charge in [0, 0.05) is 18.2 Å². The van der Waals surface area contributed by atoms with Crippen LogP contribution in [0.2, 0.25) is 0 Å². The van der Waals surface area contributed by atoms with Gasteiger partial charge in [-0.1, -0.05) is 12.5 Å². The molecule has 0 saturated carbocycles. The summed E-state index contributed by atoms with van der Waals surface area (Å²) in [5, 5.41) is 10.0. The molecule has 2 heteroatoms. The highest BCUT2D eigenvalue weighted by Gasteiger charge is 2.19. The number of benzene rings is 1. The first-order valence-corrected chi connectivity index (χ1v) is 6.61. The first-order valence-electron chi connectivity index (χ1n) is 6.61. The van der Waals surface area contributed by atoms with E-state index in [1.165, 1.54) is 24.8 Å². The minimum atomic E-state index is 0.450. The van der Waals surface area contributed by atoms with Crippen molar-refractivity contribution in [1.29, 1.82) is 0 Å². The molecular weight excluding hydrogens is 210 g/mol. The zero-order chi connectivity index (χ0) is 12.4. The molecule has 1 fully saturated rings. The van der Waals surface area contributed by atoms with Gasteiger partial charge in [0.1, 0.15) is 5.75 Å². The first-order chi connectivity index (χ1) is 8.08. The highest BCUT2D eigenvalue weighted by atomic mass is 16.3. The fraction of sp³-hybridized carbons (Fsp3) is 0.600. The molecule has 1 unspecified atom stereocenters. The van der Waals surface area contributed by atoms with E-state index in [2.05, 4.69) is 24.8 Å². The van der Waals surface area contributed by atoms with E-state index < -0.39 is 0 Å². The number of hydrogen-bond acceptors (Lipinski definition) is 2. The summed E-state index contributed by atoms with van der Waals surface area (Å²) in [6.45, 7) is 8.49. The number of likely N-dealkylation sites (tertiary alicyclic amines) is 1. The Morgan fingerprint density at radius 3 is 2.65 bits per heavy atom. The number of nitrogens with zero attached hydrogens (tertiary/aromatic N) is 1. The van der Waals surface area contributed by atoms with E-state index in [4.69, 9.17) is 0 Å². The predicted octanol–water partition coefficient (Wildman–Crippen LogP) is 3.38. The van der Waals surface area contributed by atoms with Crippen molar-refractivity contribution < 1.29 is 5.11 Å². The van der Waals surface area contributed by atoms with Crippen LogP contribution in [-0.4, -0.2) is 22.6 Å². The molecule has 0 aromatic heterocycles. The molecule has 2 rings (SSSR count). The Hall–Kier alpha value is -1.02. The molecule has 0 bridgehead atoms. The quantitative estimate of drug-likeness (QED) is 0.846. The molecule has 2 nitrogen and oxygen atoms in total. The largest absolute Gasteiger partial charge is 0.508 e. The van der Waals surface area contributed by atoms with Gasteiger partial charge in [0.15, 0.2) is 0 Å². The van der Waals surface area contributed by atoms with Gasteiger partial charge in [-0.3, -0.25) is 4.90 Å². The number of rotatable bonds is 2. The number of aromatic hydroxyl groups is 1. The maximum Gasteiger partial charge on any atom is 0.120 e. The molecular formula is C15H23NO. The molecule has 1 aromatic carbocycles. The van der Waals surface area contributed by atoms with Crippen LogP contribution in [0.1, 0.15) is 42.9 Å². The Balaban J connectivity index is 2.15. The third-order valence-electron chi connectivity index (χ3n) is 4.01. The van der Waals surface area contributed by atoms with Crippen LogP contribution in [0.25, 0.3) is 0 Å². The molecule has 17 heavy (non-hydrogen) atoms. The van der Waals surface area contributed by atoms with Crippen molar-refractivity contribution >= 4 is 0 Å². The summed E-state index contributed by atoms with van der Waals surface area (Å²) in [5.41, 5.74) is 3.50. The van der Waals surface area contributed by atoms with Crippen LogP contribution in [0.15, 0.2) is 12.1 Å². The van der Waals surface area contributed by atoms with Crippen molar-refractivity contribution in [3.8, 4) is 5.75 Å². The van der Waals surface area contributed by atoms with E-state index in [0.29, 0.717) is 11.8 Å². The Morgan fingerprint density at radius 1 is 1.24 bits per heavy atom. The van der Waals surface area contributed by atoms with Crippen LogP contribution in [0.5, 0.6) is 5.75 Å². The number of aryl methyl sites for hydroxylation is 2.